The Bertz CT molecular complexity index is 468. The summed E-state index contributed by atoms with van der Waals surface area (Å²) in [6, 6.07) is 12.4. The summed E-state index contributed by atoms with van der Waals surface area (Å²) in [5, 5.41) is 5.46. The Hall–Kier alpha value is -1.36. The number of ether oxygens (including phenoxy) is 2. The molecule has 108 valence electrons. The van der Waals surface area contributed by atoms with Gasteiger partial charge in [0.1, 0.15) is 12.4 Å². The number of methoxy groups -OCH3 is 1. The van der Waals surface area contributed by atoms with Crippen LogP contribution < -0.4 is 10.1 Å². The van der Waals surface area contributed by atoms with Crippen LogP contribution in [0.2, 0.25) is 0 Å². The van der Waals surface area contributed by atoms with E-state index in [1.165, 1.54) is 10.4 Å². The first kappa shape index (κ1) is 15.0. The molecule has 0 saturated carbocycles. The maximum absolute atomic E-state index is 5.69. The maximum Gasteiger partial charge on any atom is 0.119 e. The van der Waals surface area contributed by atoms with Crippen LogP contribution in [0.3, 0.4) is 0 Å². The molecule has 0 bridgehead atoms. The predicted molar refractivity (Wildman–Crippen MR) is 83.5 cm³/mol. The van der Waals surface area contributed by atoms with Crippen LogP contribution >= 0.6 is 11.3 Å². The number of nitrogens with one attached hydrogen (secondary N) is 1. The average Bonchev–Trinajstić information content (AvgIpc) is 2.99. The van der Waals surface area contributed by atoms with E-state index in [9.17, 15) is 0 Å². The second kappa shape index (κ2) is 8.74. The highest BCUT2D eigenvalue weighted by Gasteiger charge is 1.97. The van der Waals surface area contributed by atoms with Crippen molar-refractivity contribution in [3.8, 4) is 5.75 Å². The quantitative estimate of drug-likeness (QED) is 0.720. The molecule has 0 atom stereocenters. The SMILES string of the molecule is COCCc1ccc(OCCNCc2cccs2)cc1. The van der Waals surface area contributed by atoms with Crippen LogP contribution in [-0.4, -0.2) is 26.9 Å². The highest BCUT2D eigenvalue weighted by molar-refractivity contribution is 7.09. The van der Waals surface area contributed by atoms with Gasteiger partial charge in [0.25, 0.3) is 0 Å². The highest BCUT2D eigenvalue weighted by Crippen LogP contribution is 2.12. The molecule has 0 aliphatic heterocycles. The summed E-state index contributed by atoms with van der Waals surface area (Å²) in [6.07, 6.45) is 0.944. The molecule has 1 aromatic carbocycles. The summed E-state index contributed by atoms with van der Waals surface area (Å²) in [5.74, 6) is 0.920. The minimum atomic E-state index is 0.683. The molecule has 1 heterocycles. The van der Waals surface area contributed by atoms with Crippen molar-refractivity contribution in [1.82, 2.24) is 5.32 Å². The van der Waals surface area contributed by atoms with E-state index in [0.29, 0.717) is 6.61 Å². The Morgan fingerprint density at radius 2 is 1.95 bits per heavy atom. The third-order valence-electron chi connectivity index (χ3n) is 2.95. The van der Waals surface area contributed by atoms with E-state index in [-0.39, 0.29) is 0 Å². The summed E-state index contributed by atoms with van der Waals surface area (Å²) in [4.78, 5) is 1.35. The summed E-state index contributed by atoms with van der Waals surface area (Å²) in [7, 11) is 1.72. The number of hydrogen-bond donors (Lipinski definition) is 1. The minimum Gasteiger partial charge on any atom is -0.492 e. The molecule has 3 nitrogen and oxygen atoms in total. The van der Waals surface area contributed by atoms with Crippen LogP contribution in [0.1, 0.15) is 10.4 Å². The molecule has 0 unspecified atom stereocenters. The molecule has 2 aromatic rings. The second-order valence-electron chi connectivity index (χ2n) is 4.49. The van der Waals surface area contributed by atoms with E-state index in [0.717, 1.165) is 31.9 Å². The standard InChI is InChI=1S/C16H21NO2S/c1-18-10-8-14-4-6-15(7-5-14)19-11-9-17-13-16-3-2-12-20-16/h2-7,12,17H,8-11,13H2,1H3. The zero-order valence-corrected chi connectivity index (χ0v) is 12.6. The predicted octanol–water partition coefficient (Wildman–Crippen LogP) is 3.11. The van der Waals surface area contributed by atoms with Crippen LogP contribution in [0.25, 0.3) is 0 Å². The number of benzene rings is 1. The molecule has 0 aliphatic rings. The first-order valence-corrected chi connectivity index (χ1v) is 7.70. The third-order valence-corrected chi connectivity index (χ3v) is 3.82. The number of rotatable bonds is 9. The van der Waals surface area contributed by atoms with Gasteiger partial charge in [-0.1, -0.05) is 18.2 Å². The van der Waals surface area contributed by atoms with Crippen molar-refractivity contribution < 1.29 is 9.47 Å². The molecule has 4 heteroatoms. The Balaban J connectivity index is 1.61. The second-order valence-corrected chi connectivity index (χ2v) is 5.52. The van der Waals surface area contributed by atoms with Gasteiger partial charge in [-0.3, -0.25) is 0 Å². The first-order valence-electron chi connectivity index (χ1n) is 6.82. The van der Waals surface area contributed by atoms with Gasteiger partial charge in [-0.25, -0.2) is 0 Å². The fraction of sp³-hybridized carbons (Fsp3) is 0.375. The fourth-order valence-electron chi connectivity index (χ4n) is 1.84. The van der Waals surface area contributed by atoms with Gasteiger partial charge in [-0.2, -0.15) is 0 Å². The Morgan fingerprint density at radius 1 is 1.10 bits per heavy atom. The topological polar surface area (TPSA) is 30.5 Å². The zero-order chi connectivity index (χ0) is 14.0. The molecular weight excluding hydrogens is 270 g/mol. The van der Waals surface area contributed by atoms with E-state index in [4.69, 9.17) is 9.47 Å². The Kier molecular flexibility index (Phi) is 6.57. The fourth-order valence-corrected chi connectivity index (χ4v) is 2.51. The molecule has 1 N–H and O–H groups in total. The van der Waals surface area contributed by atoms with Crippen LogP contribution in [0, 0.1) is 0 Å². The van der Waals surface area contributed by atoms with Crippen molar-refractivity contribution in [3.63, 3.8) is 0 Å². The third kappa shape index (κ3) is 5.33. The molecule has 0 aliphatic carbocycles. The van der Waals surface area contributed by atoms with E-state index in [1.54, 1.807) is 18.4 Å². The lowest BCUT2D eigenvalue weighted by Gasteiger charge is -2.08. The van der Waals surface area contributed by atoms with Crippen LogP contribution in [0.15, 0.2) is 41.8 Å². The van der Waals surface area contributed by atoms with E-state index in [2.05, 4.69) is 35.0 Å². The van der Waals surface area contributed by atoms with Gasteiger partial charge in [0.2, 0.25) is 0 Å². The van der Waals surface area contributed by atoms with Crippen molar-refractivity contribution in [2.45, 2.75) is 13.0 Å². The molecule has 1 aromatic heterocycles. The lowest BCUT2D eigenvalue weighted by molar-refractivity contribution is 0.202. The van der Waals surface area contributed by atoms with E-state index in [1.807, 2.05) is 12.1 Å². The van der Waals surface area contributed by atoms with Gasteiger partial charge >= 0.3 is 0 Å². The van der Waals surface area contributed by atoms with Gasteiger partial charge in [0.05, 0.1) is 6.61 Å². The lowest BCUT2D eigenvalue weighted by Crippen LogP contribution is -2.20. The van der Waals surface area contributed by atoms with Gasteiger partial charge in [-0.05, 0) is 35.6 Å². The Morgan fingerprint density at radius 3 is 2.65 bits per heavy atom. The summed E-state index contributed by atoms with van der Waals surface area (Å²) in [6.45, 7) is 3.20. The van der Waals surface area contributed by atoms with Crippen molar-refractivity contribution in [1.29, 1.82) is 0 Å². The highest BCUT2D eigenvalue weighted by atomic mass is 32.1. The summed E-state index contributed by atoms with van der Waals surface area (Å²) in [5.41, 5.74) is 1.27. The number of thiophene rings is 1. The van der Waals surface area contributed by atoms with Crippen LogP contribution in [0.4, 0.5) is 0 Å². The number of hydrogen-bond acceptors (Lipinski definition) is 4. The van der Waals surface area contributed by atoms with Gasteiger partial charge in [0.15, 0.2) is 0 Å². The Labute approximate surface area is 124 Å². The molecule has 0 amide bonds. The average molecular weight is 291 g/mol. The van der Waals surface area contributed by atoms with Crippen molar-refractivity contribution in [2.75, 3.05) is 26.9 Å². The van der Waals surface area contributed by atoms with E-state index >= 15 is 0 Å². The monoisotopic (exact) mass is 291 g/mol. The largest absolute Gasteiger partial charge is 0.492 e. The molecule has 2 rings (SSSR count). The van der Waals surface area contributed by atoms with Crippen LogP contribution in [-0.2, 0) is 17.7 Å². The normalized spacial score (nSPS) is 10.7. The smallest absolute Gasteiger partial charge is 0.119 e. The van der Waals surface area contributed by atoms with Crippen LogP contribution in [0.5, 0.6) is 5.75 Å². The van der Waals surface area contributed by atoms with Crippen molar-refractivity contribution in [2.24, 2.45) is 0 Å². The molecule has 0 spiro atoms. The maximum atomic E-state index is 5.69. The zero-order valence-electron chi connectivity index (χ0n) is 11.8. The van der Waals surface area contributed by atoms with Gasteiger partial charge < -0.3 is 14.8 Å². The summed E-state index contributed by atoms with van der Waals surface area (Å²) >= 11 is 1.77. The molecule has 20 heavy (non-hydrogen) atoms. The molecule has 0 fully saturated rings. The molecule has 0 radical (unpaired) electrons. The minimum absolute atomic E-state index is 0.683. The van der Waals surface area contributed by atoms with Gasteiger partial charge in [-0.15, -0.1) is 11.3 Å². The first-order chi connectivity index (χ1) is 9.88. The van der Waals surface area contributed by atoms with Gasteiger partial charge in [0, 0.05) is 25.1 Å². The van der Waals surface area contributed by atoms with Crippen molar-refractivity contribution >= 4 is 11.3 Å². The summed E-state index contributed by atoms with van der Waals surface area (Å²) < 4.78 is 10.8. The van der Waals surface area contributed by atoms with E-state index < -0.39 is 0 Å². The molecular formula is C16H21NO2S. The van der Waals surface area contributed by atoms with Crippen molar-refractivity contribution in [3.05, 3.63) is 52.2 Å². The lowest BCUT2D eigenvalue weighted by atomic mass is 10.1. The molecule has 0 saturated heterocycles.